The highest BCUT2D eigenvalue weighted by molar-refractivity contribution is 7.71. The van der Waals surface area contributed by atoms with E-state index >= 15 is 0 Å². The Hall–Kier alpha value is -1.69. The summed E-state index contributed by atoms with van der Waals surface area (Å²) in [5.41, 5.74) is 1.92. The maximum Gasteiger partial charge on any atom is 0.242 e. The fourth-order valence-corrected chi connectivity index (χ4v) is 1.35. The van der Waals surface area contributed by atoms with Crippen LogP contribution in [-0.4, -0.2) is 27.3 Å². The zero-order valence-corrected chi connectivity index (χ0v) is 8.38. The van der Waals surface area contributed by atoms with Crippen LogP contribution in [0.25, 0.3) is 5.69 Å². The van der Waals surface area contributed by atoms with Gasteiger partial charge in [0.2, 0.25) is 4.77 Å². The van der Waals surface area contributed by atoms with Gasteiger partial charge < -0.3 is 5.32 Å². The summed E-state index contributed by atoms with van der Waals surface area (Å²) in [7, 11) is 1.86. The minimum atomic E-state index is 0.415. The Morgan fingerprint density at radius 3 is 3.00 bits per heavy atom. The van der Waals surface area contributed by atoms with E-state index in [-0.39, 0.29) is 0 Å². The van der Waals surface area contributed by atoms with Gasteiger partial charge in [0.1, 0.15) is 0 Å². The van der Waals surface area contributed by atoms with Gasteiger partial charge in [0, 0.05) is 12.7 Å². The second-order valence-corrected chi connectivity index (χ2v) is 3.08. The van der Waals surface area contributed by atoms with E-state index in [1.54, 1.807) is 4.68 Å². The number of tetrazole rings is 1. The summed E-state index contributed by atoms with van der Waals surface area (Å²) in [6.45, 7) is 0. The third kappa shape index (κ3) is 1.51. The van der Waals surface area contributed by atoms with Crippen molar-refractivity contribution in [3.05, 3.63) is 29.0 Å². The standard InChI is InChI=1S/C8H9N5S/c1-9-6-3-2-4-7(5-6)13-8(14)10-11-12-13/h2-5,9H,1H3,(H,10,12,14). The van der Waals surface area contributed by atoms with Gasteiger partial charge in [-0.3, -0.25) is 0 Å². The first kappa shape index (κ1) is 8.89. The quantitative estimate of drug-likeness (QED) is 0.730. The predicted octanol–water partition coefficient (Wildman–Crippen LogP) is 1.37. The fourth-order valence-electron chi connectivity index (χ4n) is 1.17. The van der Waals surface area contributed by atoms with Crippen molar-refractivity contribution in [3.63, 3.8) is 0 Å². The van der Waals surface area contributed by atoms with Crippen LogP contribution in [0.1, 0.15) is 0 Å². The predicted molar refractivity (Wildman–Crippen MR) is 56.1 cm³/mol. The van der Waals surface area contributed by atoms with Crippen LogP contribution in [0.5, 0.6) is 0 Å². The Balaban J connectivity index is 2.52. The molecule has 2 rings (SSSR count). The largest absolute Gasteiger partial charge is 0.388 e. The van der Waals surface area contributed by atoms with Crippen LogP contribution in [0.4, 0.5) is 5.69 Å². The maximum atomic E-state index is 4.98. The monoisotopic (exact) mass is 207 g/mol. The topological polar surface area (TPSA) is 58.5 Å². The molecule has 0 aliphatic heterocycles. The average Bonchev–Trinajstić information content (AvgIpc) is 2.65. The summed E-state index contributed by atoms with van der Waals surface area (Å²) >= 11 is 4.98. The average molecular weight is 207 g/mol. The highest BCUT2D eigenvalue weighted by Gasteiger charge is 1.99. The van der Waals surface area contributed by atoms with E-state index in [1.807, 2.05) is 31.3 Å². The van der Waals surface area contributed by atoms with Gasteiger partial charge >= 0.3 is 0 Å². The summed E-state index contributed by atoms with van der Waals surface area (Å²) < 4.78 is 2.05. The van der Waals surface area contributed by atoms with E-state index in [2.05, 4.69) is 20.8 Å². The lowest BCUT2D eigenvalue weighted by atomic mass is 10.3. The van der Waals surface area contributed by atoms with Crippen LogP contribution < -0.4 is 5.32 Å². The number of benzene rings is 1. The van der Waals surface area contributed by atoms with Gasteiger partial charge in [-0.05, 0) is 30.4 Å². The lowest BCUT2D eigenvalue weighted by Crippen LogP contribution is -1.98. The molecule has 0 atom stereocenters. The molecule has 1 heterocycles. The summed E-state index contributed by atoms with van der Waals surface area (Å²) in [6, 6.07) is 7.78. The van der Waals surface area contributed by atoms with E-state index in [0.29, 0.717) is 4.77 Å². The van der Waals surface area contributed by atoms with E-state index in [1.165, 1.54) is 0 Å². The van der Waals surface area contributed by atoms with Crippen LogP contribution >= 0.6 is 12.2 Å². The maximum absolute atomic E-state index is 4.98. The second kappa shape index (κ2) is 3.59. The minimum absolute atomic E-state index is 0.415. The lowest BCUT2D eigenvalue weighted by Gasteiger charge is -2.03. The fraction of sp³-hybridized carbons (Fsp3) is 0.125. The van der Waals surface area contributed by atoms with E-state index in [9.17, 15) is 0 Å². The molecule has 1 aromatic heterocycles. The summed E-state index contributed by atoms with van der Waals surface area (Å²) in [5.74, 6) is 0. The van der Waals surface area contributed by atoms with Gasteiger partial charge in [0.15, 0.2) is 0 Å². The van der Waals surface area contributed by atoms with E-state index in [4.69, 9.17) is 12.2 Å². The van der Waals surface area contributed by atoms with Crippen LogP contribution in [-0.2, 0) is 0 Å². The molecule has 1 aromatic carbocycles. The molecule has 0 bridgehead atoms. The first-order valence-electron chi connectivity index (χ1n) is 4.09. The first-order chi connectivity index (χ1) is 6.81. The van der Waals surface area contributed by atoms with Crippen molar-refractivity contribution in [2.24, 2.45) is 0 Å². The van der Waals surface area contributed by atoms with Gasteiger partial charge in [-0.2, -0.15) is 5.21 Å². The molecule has 0 saturated heterocycles. The van der Waals surface area contributed by atoms with Gasteiger partial charge in [0.05, 0.1) is 5.69 Å². The zero-order valence-electron chi connectivity index (χ0n) is 7.56. The van der Waals surface area contributed by atoms with Crippen molar-refractivity contribution in [1.82, 2.24) is 20.2 Å². The van der Waals surface area contributed by atoms with Crippen LogP contribution in [0, 0.1) is 4.77 Å². The molecule has 2 aromatic rings. The zero-order chi connectivity index (χ0) is 9.97. The number of hydrogen-bond donors (Lipinski definition) is 2. The normalized spacial score (nSPS) is 10.1. The molecule has 0 aliphatic carbocycles. The molecule has 72 valence electrons. The molecule has 0 saturated carbocycles. The Morgan fingerprint density at radius 1 is 1.50 bits per heavy atom. The van der Waals surface area contributed by atoms with Crippen LogP contribution in [0.2, 0.25) is 0 Å². The highest BCUT2D eigenvalue weighted by Crippen LogP contribution is 2.12. The molecule has 0 aliphatic rings. The first-order valence-corrected chi connectivity index (χ1v) is 4.50. The Morgan fingerprint density at radius 2 is 2.36 bits per heavy atom. The third-order valence-electron chi connectivity index (χ3n) is 1.86. The van der Waals surface area contributed by atoms with Crippen molar-refractivity contribution in [2.75, 3.05) is 12.4 Å². The minimum Gasteiger partial charge on any atom is -0.388 e. The van der Waals surface area contributed by atoms with Crippen molar-refractivity contribution >= 4 is 17.9 Å². The number of nitrogens with zero attached hydrogens (tertiary/aromatic N) is 3. The highest BCUT2D eigenvalue weighted by atomic mass is 32.1. The molecule has 0 fully saturated rings. The molecule has 2 N–H and O–H groups in total. The lowest BCUT2D eigenvalue weighted by molar-refractivity contribution is 0.786. The van der Waals surface area contributed by atoms with Gasteiger partial charge in [-0.25, -0.2) is 4.68 Å². The van der Waals surface area contributed by atoms with Gasteiger partial charge in [-0.1, -0.05) is 16.4 Å². The van der Waals surface area contributed by atoms with E-state index < -0.39 is 0 Å². The molecule has 6 heteroatoms. The Bertz CT molecular complexity index is 486. The van der Waals surface area contributed by atoms with Gasteiger partial charge in [0.25, 0.3) is 0 Å². The number of aromatic amines is 1. The van der Waals surface area contributed by atoms with Crippen molar-refractivity contribution in [3.8, 4) is 5.69 Å². The number of hydrogen-bond acceptors (Lipinski definition) is 4. The van der Waals surface area contributed by atoms with E-state index in [0.717, 1.165) is 11.4 Å². The Labute approximate surface area is 85.7 Å². The number of aromatic nitrogens is 4. The second-order valence-electron chi connectivity index (χ2n) is 2.72. The molecule has 14 heavy (non-hydrogen) atoms. The number of H-pyrrole nitrogens is 1. The van der Waals surface area contributed by atoms with Crippen molar-refractivity contribution < 1.29 is 0 Å². The molecule has 0 radical (unpaired) electrons. The third-order valence-corrected chi connectivity index (χ3v) is 2.13. The molecule has 0 spiro atoms. The summed E-state index contributed by atoms with van der Waals surface area (Å²) in [6.07, 6.45) is 0. The van der Waals surface area contributed by atoms with Crippen LogP contribution in [0.15, 0.2) is 24.3 Å². The number of rotatable bonds is 2. The molecule has 5 nitrogen and oxygen atoms in total. The van der Waals surface area contributed by atoms with Crippen LogP contribution in [0.3, 0.4) is 0 Å². The molecule has 0 amide bonds. The molecular formula is C8H9N5S. The van der Waals surface area contributed by atoms with Crippen molar-refractivity contribution in [1.29, 1.82) is 0 Å². The number of nitrogens with one attached hydrogen (secondary N) is 2. The molecular weight excluding hydrogens is 198 g/mol. The smallest absolute Gasteiger partial charge is 0.242 e. The number of anilines is 1. The molecule has 0 unspecified atom stereocenters. The Kier molecular flexibility index (Phi) is 2.28. The summed E-state index contributed by atoms with van der Waals surface area (Å²) in [5, 5.41) is 13.1. The van der Waals surface area contributed by atoms with Gasteiger partial charge in [-0.15, -0.1) is 0 Å². The summed E-state index contributed by atoms with van der Waals surface area (Å²) in [4.78, 5) is 0. The van der Waals surface area contributed by atoms with Crippen molar-refractivity contribution in [2.45, 2.75) is 0 Å². The SMILES string of the molecule is CNc1cccc(-n2[nH]nnc2=S)c1.